The van der Waals surface area contributed by atoms with Crippen molar-refractivity contribution in [2.75, 3.05) is 37.0 Å². The van der Waals surface area contributed by atoms with Gasteiger partial charge in [-0.25, -0.2) is 19.3 Å². The van der Waals surface area contributed by atoms with Crippen LogP contribution >= 0.6 is 0 Å². The first-order valence-corrected chi connectivity index (χ1v) is 12.6. The molecule has 12 heteroatoms. The first-order valence-electron chi connectivity index (χ1n) is 12.6. The number of hydrogen-bond donors (Lipinski definition) is 4. The summed E-state index contributed by atoms with van der Waals surface area (Å²) in [5.41, 5.74) is 3.13. The van der Waals surface area contributed by atoms with Gasteiger partial charge in [0.05, 0.1) is 54.5 Å². The number of halogens is 1. The second-order valence-corrected chi connectivity index (χ2v) is 8.91. The smallest absolute Gasteiger partial charge is 0.232 e. The zero-order valence-corrected chi connectivity index (χ0v) is 21.0. The van der Waals surface area contributed by atoms with Crippen LogP contribution in [0.3, 0.4) is 0 Å². The number of aliphatic hydroxyl groups excluding tert-OH is 1. The largest absolute Gasteiger partial charge is 0.396 e. The molecule has 4 heterocycles. The fourth-order valence-corrected chi connectivity index (χ4v) is 4.03. The SMILES string of the molecule is O=C(Nc1cccnc1)C1COC(Cc2nc(-c3ccc(F)cc3)c(-c3ccnc(NCCCO)n3)[nH]2)OC1. The summed E-state index contributed by atoms with van der Waals surface area (Å²) in [7, 11) is 0. The van der Waals surface area contributed by atoms with Gasteiger partial charge in [0.15, 0.2) is 6.29 Å². The van der Waals surface area contributed by atoms with Crippen molar-refractivity contribution >= 4 is 17.5 Å². The molecule has 4 aromatic rings. The Bertz CT molecular complexity index is 1380. The Kier molecular flexibility index (Phi) is 8.46. The molecule has 1 amide bonds. The predicted octanol–water partition coefficient (Wildman–Crippen LogP) is 3.03. The molecule has 11 nitrogen and oxygen atoms in total. The minimum absolute atomic E-state index is 0.0621. The molecule has 5 rings (SSSR count). The maximum atomic E-state index is 13.6. The van der Waals surface area contributed by atoms with E-state index in [1.165, 1.54) is 12.1 Å². The number of rotatable bonds is 10. The maximum absolute atomic E-state index is 13.6. The van der Waals surface area contributed by atoms with Gasteiger partial charge in [0.1, 0.15) is 11.6 Å². The Morgan fingerprint density at radius 2 is 1.92 bits per heavy atom. The Morgan fingerprint density at radius 3 is 2.67 bits per heavy atom. The summed E-state index contributed by atoms with van der Waals surface area (Å²) in [6, 6.07) is 11.3. The van der Waals surface area contributed by atoms with Crippen LogP contribution in [-0.2, 0) is 20.7 Å². The van der Waals surface area contributed by atoms with Crippen molar-refractivity contribution in [1.29, 1.82) is 0 Å². The average molecular weight is 534 g/mol. The molecular weight excluding hydrogens is 505 g/mol. The number of carbonyl (C=O) groups is 1. The summed E-state index contributed by atoms with van der Waals surface area (Å²) in [6.07, 6.45) is 5.10. The predicted molar refractivity (Wildman–Crippen MR) is 141 cm³/mol. The molecule has 0 spiro atoms. The van der Waals surface area contributed by atoms with E-state index in [4.69, 9.17) is 19.6 Å². The molecule has 4 N–H and O–H groups in total. The van der Waals surface area contributed by atoms with Gasteiger partial charge in [0.2, 0.25) is 11.9 Å². The molecule has 0 radical (unpaired) electrons. The van der Waals surface area contributed by atoms with Crippen LogP contribution in [0.1, 0.15) is 12.2 Å². The van der Waals surface area contributed by atoms with Crippen LogP contribution in [0.25, 0.3) is 22.6 Å². The standard InChI is InChI=1S/C27H28FN7O4/c28-19-6-4-17(5-7-19)24-25(21-8-11-31-27(33-21)30-10-2-12-36)35-22(34-24)13-23-38-15-18(16-39-23)26(37)32-20-3-1-9-29-14-20/h1,3-9,11,14,18,23,36H,2,10,12-13,15-16H2,(H,32,37)(H,34,35)(H,30,31,33). The van der Waals surface area contributed by atoms with Gasteiger partial charge < -0.3 is 30.2 Å². The summed E-state index contributed by atoms with van der Waals surface area (Å²) in [4.78, 5) is 33.4. The Balaban J connectivity index is 1.30. The minimum Gasteiger partial charge on any atom is -0.396 e. The minimum atomic E-state index is -0.603. The number of amides is 1. The molecule has 0 saturated carbocycles. The third-order valence-electron chi connectivity index (χ3n) is 6.03. The van der Waals surface area contributed by atoms with E-state index in [0.29, 0.717) is 59.5 Å². The fraction of sp³-hybridized carbons (Fsp3) is 0.296. The summed E-state index contributed by atoms with van der Waals surface area (Å²) < 4.78 is 25.3. The highest BCUT2D eigenvalue weighted by molar-refractivity contribution is 5.92. The van der Waals surface area contributed by atoms with Crippen molar-refractivity contribution in [2.45, 2.75) is 19.1 Å². The Morgan fingerprint density at radius 1 is 1.10 bits per heavy atom. The number of pyridine rings is 1. The highest BCUT2D eigenvalue weighted by Crippen LogP contribution is 2.30. The van der Waals surface area contributed by atoms with Crippen LogP contribution in [0.15, 0.2) is 61.1 Å². The van der Waals surface area contributed by atoms with Crippen molar-refractivity contribution in [3.8, 4) is 22.6 Å². The summed E-state index contributed by atoms with van der Waals surface area (Å²) in [5, 5.41) is 14.9. The second-order valence-electron chi connectivity index (χ2n) is 8.91. The summed E-state index contributed by atoms with van der Waals surface area (Å²) in [5.74, 6) is -0.00838. The second kappa shape index (κ2) is 12.5. The van der Waals surface area contributed by atoms with Gasteiger partial charge in [0, 0.05) is 31.1 Å². The lowest BCUT2D eigenvalue weighted by Gasteiger charge is -2.28. The Hall–Kier alpha value is -4.26. The molecule has 39 heavy (non-hydrogen) atoms. The molecule has 0 aliphatic carbocycles. The van der Waals surface area contributed by atoms with Crippen molar-refractivity contribution in [3.63, 3.8) is 0 Å². The van der Waals surface area contributed by atoms with Crippen LogP contribution in [0, 0.1) is 11.7 Å². The number of benzene rings is 1. The van der Waals surface area contributed by atoms with E-state index in [1.807, 2.05) is 0 Å². The van der Waals surface area contributed by atoms with Gasteiger partial charge in [-0.05, 0) is 48.9 Å². The molecule has 1 fully saturated rings. The molecule has 1 aromatic carbocycles. The number of hydrogen-bond acceptors (Lipinski definition) is 9. The molecular formula is C27H28FN7O4. The molecule has 202 valence electrons. The van der Waals surface area contributed by atoms with E-state index in [0.717, 1.165) is 0 Å². The third kappa shape index (κ3) is 6.79. The van der Waals surface area contributed by atoms with Gasteiger partial charge in [-0.2, -0.15) is 0 Å². The van der Waals surface area contributed by atoms with Crippen LogP contribution in [0.4, 0.5) is 16.0 Å². The van der Waals surface area contributed by atoms with Gasteiger partial charge in [0.25, 0.3) is 0 Å². The lowest BCUT2D eigenvalue weighted by Crippen LogP contribution is -2.39. The topological polar surface area (TPSA) is 147 Å². The number of carbonyl (C=O) groups excluding carboxylic acids is 1. The molecule has 1 aliphatic heterocycles. The average Bonchev–Trinajstić information content (AvgIpc) is 3.38. The van der Waals surface area contributed by atoms with Crippen LogP contribution in [-0.4, -0.2) is 68.6 Å². The summed E-state index contributed by atoms with van der Waals surface area (Å²) >= 11 is 0. The van der Waals surface area contributed by atoms with E-state index in [1.54, 1.807) is 48.9 Å². The van der Waals surface area contributed by atoms with Crippen molar-refractivity contribution < 1.29 is 23.8 Å². The van der Waals surface area contributed by atoms with Crippen LogP contribution < -0.4 is 10.6 Å². The number of anilines is 2. The van der Waals surface area contributed by atoms with Crippen LogP contribution in [0.5, 0.6) is 0 Å². The van der Waals surface area contributed by atoms with Crippen LogP contribution in [0.2, 0.25) is 0 Å². The molecule has 0 bridgehead atoms. The number of aromatic amines is 1. The number of aromatic nitrogens is 5. The number of H-pyrrole nitrogens is 1. The monoisotopic (exact) mass is 533 g/mol. The van der Waals surface area contributed by atoms with Gasteiger partial charge in [-0.1, -0.05) is 0 Å². The van der Waals surface area contributed by atoms with E-state index < -0.39 is 12.2 Å². The number of nitrogens with zero attached hydrogens (tertiary/aromatic N) is 4. The zero-order valence-electron chi connectivity index (χ0n) is 21.0. The molecule has 1 aliphatic rings. The fourth-order valence-electron chi connectivity index (χ4n) is 4.03. The first-order chi connectivity index (χ1) is 19.1. The van der Waals surface area contributed by atoms with E-state index in [9.17, 15) is 9.18 Å². The molecule has 0 unspecified atom stereocenters. The number of nitrogens with one attached hydrogen (secondary N) is 3. The van der Waals surface area contributed by atoms with Gasteiger partial charge >= 0.3 is 0 Å². The van der Waals surface area contributed by atoms with Crippen molar-refractivity contribution in [1.82, 2.24) is 24.9 Å². The van der Waals surface area contributed by atoms with E-state index in [2.05, 4.69) is 30.6 Å². The first kappa shape index (κ1) is 26.4. The van der Waals surface area contributed by atoms with Crippen molar-refractivity contribution in [2.24, 2.45) is 5.92 Å². The zero-order chi connectivity index (χ0) is 27.0. The van der Waals surface area contributed by atoms with Crippen molar-refractivity contribution in [3.05, 3.63) is 72.7 Å². The highest BCUT2D eigenvalue weighted by Gasteiger charge is 2.29. The quantitative estimate of drug-likeness (QED) is 0.226. The van der Waals surface area contributed by atoms with Gasteiger partial charge in [-0.15, -0.1) is 0 Å². The normalized spacial score (nSPS) is 17.1. The van der Waals surface area contributed by atoms with Gasteiger partial charge in [-0.3, -0.25) is 9.78 Å². The molecule has 1 saturated heterocycles. The lowest BCUT2D eigenvalue weighted by molar-refractivity contribution is -0.199. The third-order valence-corrected chi connectivity index (χ3v) is 6.03. The lowest BCUT2D eigenvalue weighted by atomic mass is 10.1. The maximum Gasteiger partial charge on any atom is 0.232 e. The molecule has 0 atom stereocenters. The summed E-state index contributed by atoms with van der Waals surface area (Å²) in [6.45, 7) is 0.983. The molecule has 3 aromatic heterocycles. The van der Waals surface area contributed by atoms with E-state index >= 15 is 0 Å². The number of ether oxygens (including phenoxy) is 2. The van der Waals surface area contributed by atoms with E-state index in [-0.39, 0.29) is 31.5 Å². The highest BCUT2D eigenvalue weighted by atomic mass is 19.1. The number of imidazole rings is 1. The Labute approximate surface area is 223 Å². The number of aliphatic hydroxyl groups is 1.